The van der Waals surface area contributed by atoms with Crippen molar-refractivity contribution in [1.29, 1.82) is 5.26 Å². The molecule has 1 rings (SSSR count). The monoisotopic (exact) mass is 230 g/mol. The van der Waals surface area contributed by atoms with Crippen LogP contribution in [0.15, 0.2) is 0 Å². The van der Waals surface area contributed by atoms with E-state index in [1.54, 1.807) is 0 Å². The van der Waals surface area contributed by atoms with Gasteiger partial charge in [0.05, 0.1) is 0 Å². The maximum absolute atomic E-state index is 8.67. The predicted octanol–water partition coefficient (Wildman–Crippen LogP) is 1.82. The summed E-state index contributed by atoms with van der Waals surface area (Å²) in [5.41, 5.74) is 5.31. The summed E-state index contributed by atoms with van der Waals surface area (Å²) >= 11 is 6.95. The summed E-state index contributed by atoms with van der Waals surface area (Å²) < 4.78 is 0. The number of aromatic nitrogens is 1. The third-order valence-corrected chi connectivity index (χ3v) is 2.90. The molecule has 14 heavy (non-hydrogen) atoms. The molecule has 1 aromatic heterocycles. The molecule has 76 valence electrons. The van der Waals surface area contributed by atoms with E-state index < -0.39 is 0 Å². The van der Waals surface area contributed by atoms with E-state index in [4.69, 9.17) is 22.6 Å². The molecule has 0 saturated heterocycles. The zero-order chi connectivity index (χ0) is 10.8. The van der Waals surface area contributed by atoms with Crippen LogP contribution < -0.4 is 11.1 Å². The van der Waals surface area contributed by atoms with E-state index in [1.807, 2.05) is 19.9 Å². The summed E-state index contributed by atoms with van der Waals surface area (Å²) in [4.78, 5) is 4.43. The lowest BCUT2D eigenvalue weighted by Gasteiger charge is -2.23. The molecule has 0 amide bonds. The Bertz CT molecular complexity index is 366. The van der Waals surface area contributed by atoms with E-state index in [0.717, 1.165) is 0 Å². The number of nitrogens with one attached hydrogen (secondary N) is 1. The molecule has 1 aromatic rings. The van der Waals surface area contributed by atoms with Crippen LogP contribution >= 0.6 is 22.9 Å². The smallest absolute Gasteiger partial charge is 0.185 e. The van der Waals surface area contributed by atoms with Gasteiger partial charge in [0.1, 0.15) is 10.9 Å². The number of nitriles is 1. The average Bonchev–Trinajstić information content (AvgIpc) is 2.45. The van der Waals surface area contributed by atoms with E-state index in [0.29, 0.717) is 16.6 Å². The molecule has 0 aliphatic heterocycles. The Kier molecular flexibility index (Phi) is 3.32. The number of thiazole rings is 1. The second kappa shape index (κ2) is 4.13. The van der Waals surface area contributed by atoms with Crippen LogP contribution in [-0.4, -0.2) is 17.1 Å². The van der Waals surface area contributed by atoms with Crippen LogP contribution in [0.2, 0.25) is 5.15 Å². The van der Waals surface area contributed by atoms with Crippen molar-refractivity contribution >= 4 is 28.1 Å². The van der Waals surface area contributed by atoms with Crippen molar-refractivity contribution < 1.29 is 0 Å². The van der Waals surface area contributed by atoms with Crippen LogP contribution in [0, 0.1) is 11.3 Å². The first-order valence-electron chi connectivity index (χ1n) is 4.03. The first-order valence-corrected chi connectivity index (χ1v) is 5.22. The Hall–Kier alpha value is -0.830. The highest BCUT2D eigenvalue weighted by Gasteiger charge is 2.18. The number of rotatable bonds is 3. The van der Waals surface area contributed by atoms with E-state index >= 15 is 0 Å². The van der Waals surface area contributed by atoms with Gasteiger partial charge >= 0.3 is 0 Å². The molecule has 0 saturated carbocycles. The molecule has 0 aromatic carbocycles. The zero-order valence-electron chi connectivity index (χ0n) is 7.97. The van der Waals surface area contributed by atoms with Crippen LogP contribution in [0.4, 0.5) is 5.13 Å². The second-order valence-corrected chi connectivity index (χ2v) is 4.82. The molecule has 0 atom stereocenters. The fourth-order valence-electron chi connectivity index (χ4n) is 0.764. The number of nitrogens with zero attached hydrogens (tertiary/aromatic N) is 2. The van der Waals surface area contributed by atoms with Gasteiger partial charge in [-0.25, -0.2) is 4.98 Å². The fraction of sp³-hybridized carbons (Fsp3) is 0.500. The molecule has 0 aliphatic carbocycles. The number of anilines is 1. The lowest BCUT2D eigenvalue weighted by atomic mass is 10.1. The first kappa shape index (κ1) is 11.2. The average molecular weight is 231 g/mol. The lowest BCUT2D eigenvalue weighted by molar-refractivity contribution is 0.579. The Balaban J connectivity index is 2.84. The summed E-state index contributed by atoms with van der Waals surface area (Å²) in [6.45, 7) is 4.38. The minimum Gasteiger partial charge on any atom is -0.355 e. The maximum Gasteiger partial charge on any atom is 0.185 e. The van der Waals surface area contributed by atoms with Crippen molar-refractivity contribution in [1.82, 2.24) is 4.98 Å². The molecule has 0 bridgehead atoms. The van der Waals surface area contributed by atoms with E-state index in [9.17, 15) is 0 Å². The summed E-state index contributed by atoms with van der Waals surface area (Å²) in [7, 11) is 0. The van der Waals surface area contributed by atoms with Crippen LogP contribution in [0.1, 0.15) is 18.7 Å². The van der Waals surface area contributed by atoms with Crippen molar-refractivity contribution in [2.45, 2.75) is 19.4 Å². The SMILES string of the molecule is CC(C)(CN)Nc1nc(Cl)c(C#N)s1. The number of nitrogens with two attached hydrogens (primary N) is 1. The van der Waals surface area contributed by atoms with E-state index in [1.165, 1.54) is 11.3 Å². The molecule has 3 N–H and O–H groups in total. The van der Waals surface area contributed by atoms with Crippen LogP contribution in [0.25, 0.3) is 0 Å². The fourth-order valence-corrected chi connectivity index (χ4v) is 1.89. The summed E-state index contributed by atoms with van der Waals surface area (Å²) in [5.74, 6) is 0. The molecule has 0 aliphatic rings. The highest BCUT2D eigenvalue weighted by atomic mass is 35.5. The molecule has 0 unspecified atom stereocenters. The third kappa shape index (κ3) is 2.58. The first-order chi connectivity index (χ1) is 6.48. The van der Waals surface area contributed by atoms with Gasteiger partial charge < -0.3 is 11.1 Å². The van der Waals surface area contributed by atoms with Gasteiger partial charge in [-0.3, -0.25) is 0 Å². The largest absolute Gasteiger partial charge is 0.355 e. The quantitative estimate of drug-likeness (QED) is 0.831. The van der Waals surface area contributed by atoms with E-state index in [-0.39, 0.29) is 10.7 Å². The Morgan fingerprint density at radius 3 is 2.79 bits per heavy atom. The molecule has 6 heteroatoms. The molecule has 0 spiro atoms. The molecular formula is C8H11ClN4S. The highest BCUT2D eigenvalue weighted by molar-refractivity contribution is 7.16. The van der Waals surface area contributed by atoms with Crippen LogP contribution in [-0.2, 0) is 0 Å². The standard InChI is InChI=1S/C8H11ClN4S/c1-8(2,4-11)13-7-12-6(9)5(3-10)14-7/h4,11H2,1-2H3,(H,12,13). The lowest BCUT2D eigenvalue weighted by Crippen LogP contribution is -2.39. The number of halogens is 1. The van der Waals surface area contributed by atoms with E-state index in [2.05, 4.69) is 10.3 Å². The normalized spacial score (nSPS) is 11.1. The van der Waals surface area contributed by atoms with Crippen molar-refractivity contribution in [2.75, 3.05) is 11.9 Å². The van der Waals surface area contributed by atoms with Gasteiger partial charge in [0, 0.05) is 12.1 Å². The third-order valence-electron chi connectivity index (χ3n) is 1.64. The van der Waals surface area contributed by atoms with Gasteiger partial charge in [0.25, 0.3) is 0 Å². The molecular weight excluding hydrogens is 220 g/mol. The number of hydrogen-bond acceptors (Lipinski definition) is 5. The van der Waals surface area contributed by atoms with Gasteiger partial charge in [-0.2, -0.15) is 5.26 Å². The van der Waals surface area contributed by atoms with Crippen molar-refractivity contribution in [3.8, 4) is 6.07 Å². The van der Waals surface area contributed by atoms with Crippen molar-refractivity contribution in [3.05, 3.63) is 10.0 Å². The van der Waals surface area contributed by atoms with Crippen molar-refractivity contribution in [3.63, 3.8) is 0 Å². The van der Waals surface area contributed by atoms with Gasteiger partial charge in [-0.1, -0.05) is 22.9 Å². The number of hydrogen-bond donors (Lipinski definition) is 2. The molecule has 1 heterocycles. The second-order valence-electron chi connectivity index (χ2n) is 3.46. The van der Waals surface area contributed by atoms with Crippen molar-refractivity contribution in [2.24, 2.45) is 5.73 Å². The van der Waals surface area contributed by atoms with Gasteiger partial charge in [-0.15, -0.1) is 0 Å². The maximum atomic E-state index is 8.67. The highest BCUT2D eigenvalue weighted by Crippen LogP contribution is 2.27. The van der Waals surface area contributed by atoms with Gasteiger partial charge in [0.15, 0.2) is 10.3 Å². The molecule has 0 radical (unpaired) electrons. The Morgan fingerprint density at radius 1 is 1.71 bits per heavy atom. The minimum absolute atomic E-state index is 0.242. The minimum atomic E-state index is -0.242. The topological polar surface area (TPSA) is 74.7 Å². The summed E-state index contributed by atoms with van der Waals surface area (Å²) in [6, 6.07) is 1.97. The van der Waals surface area contributed by atoms with Crippen LogP contribution in [0.5, 0.6) is 0 Å². The van der Waals surface area contributed by atoms with Gasteiger partial charge in [0.2, 0.25) is 0 Å². The zero-order valence-corrected chi connectivity index (χ0v) is 9.54. The molecule has 0 fully saturated rings. The summed E-state index contributed by atoms with van der Waals surface area (Å²) in [5, 5.41) is 12.7. The summed E-state index contributed by atoms with van der Waals surface area (Å²) in [6.07, 6.45) is 0. The Morgan fingerprint density at radius 2 is 2.36 bits per heavy atom. The molecule has 4 nitrogen and oxygen atoms in total. The van der Waals surface area contributed by atoms with Crippen LogP contribution in [0.3, 0.4) is 0 Å². The Labute approximate surface area is 91.7 Å². The predicted molar refractivity (Wildman–Crippen MR) is 58.6 cm³/mol. The van der Waals surface area contributed by atoms with Gasteiger partial charge in [-0.05, 0) is 13.8 Å².